The lowest BCUT2D eigenvalue weighted by Crippen LogP contribution is -2.36. The number of carbonyl (C=O) groups is 1. The first kappa shape index (κ1) is 14.3. The van der Waals surface area contributed by atoms with Crippen LogP contribution in [-0.2, 0) is 0 Å². The molecule has 0 unspecified atom stereocenters. The molecule has 0 aliphatic carbocycles. The van der Waals surface area contributed by atoms with Gasteiger partial charge in [0.05, 0.1) is 0 Å². The molecule has 0 atom stereocenters. The summed E-state index contributed by atoms with van der Waals surface area (Å²) in [5, 5.41) is 8.44. The van der Waals surface area contributed by atoms with Crippen LogP contribution in [0.3, 0.4) is 0 Å². The van der Waals surface area contributed by atoms with Crippen LogP contribution in [0.4, 0.5) is 5.82 Å². The molecule has 2 saturated heterocycles. The molecular weight excluding hydrogens is 264 g/mol. The minimum Gasteiger partial charge on any atom is -0.355 e. The highest BCUT2D eigenvalue weighted by Crippen LogP contribution is 2.21. The number of rotatable bonds is 2. The molecule has 2 fully saturated rings. The van der Waals surface area contributed by atoms with Gasteiger partial charge in [0.1, 0.15) is 0 Å². The van der Waals surface area contributed by atoms with Crippen molar-refractivity contribution in [3.63, 3.8) is 0 Å². The number of carbonyl (C=O) groups excluding carboxylic acids is 1. The molecule has 5 nitrogen and oxygen atoms in total. The number of hydrogen-bond donors (Lipinski definition) is 0. The maximum atomic E-state index is 12.3. The van der Waals surface area contributed by atoms with Gasteiger partial charge >= 0.3 is 0 Å². The molecule has 5 heteroatoms. The zero-order valence-corrected chi connectivity index (χ0v) is 12.8. The fourth-order valence-electron chi connectivity index (χ4n) is 3.10. The van der Waals surface area contributed by atoms with Crippen LogP contribution in [0.2, 0.25) is 0 Å². The summed E-state index contributed by atoms with van der Waals surface area (Å²) in [6, 6.07) is 3.78. The van der Waals surface area contributed by atoms with Crippen molar-refractivity contribution in [3.05, 3.63) is 17.8 Å². The zero-order chi connectivity index (χ0) is 14.7. The standard InChI is InChI=1S/C16H24N4O/c1-13-7-11-19(12-8-13)15-6-5-14(17-18-15)16(21)20-9-3-2-4-10-20/h5-6,13H,2-4,7-12H2,1H3. The van der Waals surface area contributed by atoms with Crippen LogP contribution in [0.15, 0.2) is 12.1 Å². The van der Waals surface area contributed by atoms with Gasteiger partial charge in [-0.25, -0.2) is 0 Å². The fraction of sp³-hybridized carbons (Fsp3) is 0.688. The largest absolute Gasteiger partial charge is 0.355 e. The molecule has 2 aliphatic heterocycles. The maximum absolute atomic E-state index is 12.3. The zero-order valence-electron chi connectivity index (χ0n) is 12.8. The van der Waals surface area contributed by atoms with E-state index in [0.717, 1.165) is 50.8 Å². The second-order valence-corrected chi connectivity index (χ2v) is 6.30. The van der Waals surface area contributed by atoms with Gasteiger partial charge in [-0.1, -0.05) is 6.92 Å². The molecule has 3 heterocycles. The summed E-state index contributed by atoms with van der Waals surface area (Å²) in [7, 11) is 0. The van der Waals surface area contributed by atoms with Crippen LogP contribution in [0.1, 0.15) is 49.5 Å². The van der Waals surface area contributed by atoms with Crippen LogP contribution < -0.4 is 4.90 Å². The number of hydrogen-bond acceptors (Lipinski definition) is 4. The van der Waals surface area contributed by atoms with Gasteiger partial charge in [-0.05, 0) is 50.2 Å². The normalized spacial score (nSPS) is 20.6. The summed E-state index contributed by atoms with van der Waals surface area (Å²) in [5.74, 6) is 1.73. The Kier molecular flexibility index (Phi) is 4.36. The SMILES string of the molecule is CC1CCN(c2ccc(C(=O)N3CCCCC3)nn2)CC1. The molecule has 0 bridgehead atoms. The summed E-state index contributed by atoms with van der Waals surface area (Å²) in [4.78, 5) is 16.5. The van der Waals surface area contributed by atoms with Gasteiger partial charge in [0.25, 0.3) is 5.91 Å². The third-order valence-corrected chi connectivity index (χ3v) is 4.62. The Hall–Kier alpha value is -1.65. The van der Waals surface area contributed by atoms with Crippen LogP contribution in [0.25, 0.3) is 0 Å². The number of aromatic nitrogens is 2. The van der Waals surface area contributed by atoms with Crippen molar-refractivity contribution in [2.45, 2.75) is 39.0 Å². The van der Waals surface area contributed by atoms with E-state index in [0.29, 0.717) is 5.69 Å². The van der Waals surface area contributed by atoms with Crippen molar-refractivity contribution >= 4 is 11.7 Å². The maximum Gasteiger partial charge on any atom is 0.274 e. The van der Waals surface area contributed by atoms with E-state index in [2.05, 4.69) is 22.0 Å². The van der Waals surface area contributed by atoms with E-state index >= 15 is 0 Å². The second kappa shape index (κ2) is 6.41. The molecule has 0 spiro atoms. The highest BCUT2D eigenvalue weighted by atomic mass is 16.2. The van der Waals surface area contributed by atoms with E-state index in [-0.39, 0.29) is 5.91 Å². The topological polar surface area (TPSA) is 49.3 Å². The smallest absolute Gasteiger partial charge is 0.274 e. The van der Waals surface area contributed by atoms with E-state index in [1.165, 1.54) is 19.3 Å². The van der Waals surface area contributed by atoms with Gasteiger partial charge in [-0.2, -0.15) is 0 Å². The first-order valence-electron chi connectivity index (χ1n) is 8.12. The molecule has 1 aromatic rings. The molecule has 2 aliphatic rings. The number of likely N-dealkylation sites (tertiary alicyclic amines) is 1. The molecule has 21 heavy (non-hydrogen) atoms. The first-order chi connectivity index (χ1) is 10.2. The van der Waals surface area contributed by atoms with Crippen LogP contribution in [0.5, 0.6) is 0 Å². The summed E-state index contributed by atoms with van der Waals surface area (Å²) < 4.78 is 0. The van der Waals surface area contributed by atoms with E-state index in [9.17, 15) is 4.79 Å². The van der Waals surface area contributed by atoms with E-state index in [1.807, 2.05) is 17.0 Å². The molecule has 0 aromatic carbocycles. The van der Waals surface area contributed by atoms with Gasteiger partial charge in [0.2, 0.25) is 0 Å². The van der Waals surface area contributed by atoms with Crippen LogP contribution in [0, 0.1) is 5.92 Å². The molecule has 1 aromatic heterocycles. The molecule has 0 saturated carbocycles. The predicted molar refractivity (Wildman–Crippen MR) is 82.4 cm³/mol. The van der Waals surface area contributed by atoms with E-state index in [4.69, 9.17) is 0 Å². The summed E-state index contributed by atoms with van der Waals surface area (Å²) >= 11 is 0. The fourth-order valence-corrected chi connectivity index (χ4v) is 3.10. The van der Waals surface area contributed by atoms with Gasteiger partial charge in [0.15, 0.2) is 11.5 Å². The predicted octanol–water partition coefficient (Wildman–Crippen LogP) is 2.34. The Morgan fingerprint density at radius 1 is 1.05 bits per heavy atom. The minimum absolute atomic E-state index is 0.0287. The molecule has 0 N–H and O–H groups in total. The Labute approximate surface area is 126 Å². The molecule has 3 rings (SSSR count). The van der Waals surface area contributed by atoms with E-state index < -0.39 is 0 Å². The Bertz CT molecular complexity index is 474. The van der Waals surface area contributed by atoms with E-state index in [1.54, 1.807) is 0 Å². The second-order valence-electron chi connectivity index (χ2n) is 6.30. The first-order valence-corrected chi connectivity index (χ1v) is 8.12. The Balaban J connectivity index is 1.64. The minimum atomic E-state index is 0.0287. The number of anilines is 1. The van der Waals surface area contributed by atoms with Gasteiger partial charge in [-0.3, -0.25) is 4.79 Å². The van der Waals surface area contributed by atoms with Crippen molar-refractivity contribution in [2.75, 3.05) is 31.1 Å². The number of nitrogens with zero attached hydrogens (tertiary/aromatic N) is 4. The van der Waals surface area contributed by atoms with Crippen molar-refractivity contribution < 1.29 is 4.79 Å². The third-order valence-electron chi connectivity index (χ3n) is 4.62. The van der Waals surface area contributed by atoms with Crippen molar-refractivity contribution in [1.82, 2.24) is 15.1 Å². The highest BCUT2D eigenvalue weighted by Gasteiger charge is 2.21. The quantitative estimate of drug-likeness (QED) is 0.838. The molecule has 0 radical (unpaired) electrons. The average Bonchev–Trinajstić information content (AvgIpc) is 2.56. The van der Waals surface area contributed by atoms with Crippen LogP contribution >= 0.6 is 0 Å². The molecule has 114 valence electrons. The number of amides is 1. The third kappa shape index (κ3) is 3.34. The van der Waals surface area contributed by atoms with Gasteiger partial charge < -0.3 is 9.80 Å². The Morgan fingerprint density at radius 2 is 1.76 bits per heavy atom. The van der Waals surface area contributed by atoms with Crippen LogP contribution in [-0.4, -0.2) is 47.2 Å². The average molecular weight is 288 g/mol. The van der Waals surface area contributed by atoms with Gasteiger partial charge in [0, 0.05) is 26.2 Å². The van der Waals surface area contributed by atoms with Crippen molar-refractivity contribution in [1.29, 1.82) is 0 Å². The summed E-state index contributed by atoms with van der Waals surface area (Å²) in [6.07, 6.45) is 5.83. The summed E-state index contributed by atoms with van der Waals surface area (Å²) in [5.41, 5.74) is 0.478. The van der Waals surface area contributed by atoms with Gasteiger partial charge in [-0.15, -0.1) is 10.2 Å². The van der Waals surface area contributed by atoms with Crippen molar-refractivity contribution in [2.24, 2.45) is 5.92 Å². The monoisotopic (exact) mass is 288 g/mol. The van der Waals surface area contributed by atoms with Crippen molar-refractivity contribution in [3.8, 4) is 0 Å². The summed E-state index contributed by atoms with van der Waals surface area (Å²) in [6.45, 7) is 6.08. The Morgan fingerprint density at radius 3 is 2.38 bits per heavy atom. The lowest BCUT2D eigenvalue weighted by atomic mass is 9.99. The number of piperidine rings is 2. The molecule has 1 amide bonds. The highest BCUT2D eigenvalue weighted by molar-refractivity contribution is 5.92. The lowest BCUT2D eigenvalue weighted by Gasteiger charge is -2.31. The molecular formula is C16H24N4O. The lowest BCUT2D eigenvalue weighted by molar-refractivity contribution is 0.0717.